The molecule has 98 valence electrons. The molecule has 6 heteroatoms. The molecule has 1 aliphatic rings. The van der Waals surface area contributed by atoms with Crippen LogP contribution in [0.25, 0.3) is 4.96 Å². The molecule has 0 aliphatic heterocycles. The maximum atomic E-state index is 5.70. The van der Waals surface area contributed by atoms with Crippen LogP contribution in [0, 0.1) is 0 Å². The van der Waals surface area contributed by atoms with Gasteiger partial charge in [0.2, 0.25) is 4.96 Å². The number of fused-ring (bicyclic) bond motifs is 1. The molecule has 1 saturated carbocycles. The highest BCUT2D eigenvalue weighted by molar-refractivity contribution is 7.16. The first kappa shape index (κ1) is 12.0. The summed E-state index contributed by atoms with van der Waals surface area (Å²) in [5.74, 6) is 1.89. The average molecular weight is 265 g/mol. The van der Waals surface area contributed by atoms with Crippen molar-refractivity contribution < 1.29 is 0 Å². The largest absolute Gasteiger partial charge is 0.330 e. The van der Waals surface area contributed by atoms with Gasteiger partial charge in [-0.25, -0.2) is 0 Å². The van der Waals surface area contributed by atoms with Crippen LogP contribution >= 0.6 is 11.3 Å². The van der Waals surface area contributed by atoms with Gasteiger partial charge in [0.05, 0.1) is 0 Å². The van der Waals surface area contributed by atoms with Crippen molar-refractivity contribution in [2.24, 2.45) is 5.73 Å². The summed E-state index contributed by atoms with van der Waals surface area (Å²) in [6.45, 7) is 2.73. The monoisotopic (exact) mass is 265 g/mol. The van der Waals surface area contributed by atoms with Crippen LogP contribution in [0.1, 0.15) is 61.7 Å². The number of rotatable bonds is 3. The minimum Gasteiger partial charge on any atom is -0.330 e. The van der Waals surface area contributed by atoms with Crippen molar-refractivity contribution in [2.75, 3.05) is 6.54 Å². The van der Waals surface area contributed by atoms with E-state index in [1.54, 1.807) is 11.3 Å². The molecule has 3 rings (SSSR count). The molecule has 1 atom stereocenters. The zero-order valence-electron chi connectivity index (χ0n) is 10.7. The predicted molar refractivity (Wildman–Crippen MR) is 72.0 cm³/mol. The van der Waals surface area contributed by atoms with Crippen LogP contribution in [0.2, 0.25) is 0 Å². The molecular weight excluding hydrogens is 246 g/mol. The number of hydrogen-bond donors (Lipinski definition) is 1. The second kappa shape index (κ2) is 4.93. The highest BCUT2D eigenvalue weighted by Gasteiger charge is 2.23. The van der Waals surface area contributed by atoms with Crippen LogP contribution in [0.5, 0.6) is 0 Å². The third-order valence-corrected chi connectivity index (χ3v) is 4.91. The lowest BCUT2D eigenvalue weighted by atomic mass is 9.89. The summed E-state index contributed by atoms with van der Waals surface area (Å²) >= 11 is 1.61. The third kappa shape index (κ3) is 2.03. The molecule has 1 aliphatic carbocycles. The molecule has 2 N–H and O–H groups in total. The molecular formula is C12H19N5S. The number of aromatic nitrogens is 4. The second-order valence-corrected chi connectivity index (χ2v) is 6.15. The Hall–Kier alpha value is -1.01. The number of hydrogen-bond acceptors (Lipinski definition) is 5. The molecule has 18 heavy (non-hydrogen) atoms. The molecule has 1 unspecified atom stereocenters. The van der Waals surface area contributed by atoms with Gasteiger partial charge in [-0.05, 0) is 12.8 Å². The summed E-state index contributed by atoms with van der Waals surface area (Å²) in [5.41, 5.74) is 5.70. The Labute approximate surface area is 110 Å². The SMILES string of the molecule is CC(CN)c1nn2c(C3CCCCC3)nnc2s1. The molecule has 0 bridgehead atoms. The van der Waals surface area contributed by atoms with E-state index >= 15 is 0 Å². The van der Waals surface area contributed by atoms with Crippen LogP contribution in [0.3, 0.4) is 0 Å². The van der Waals surface area contributed by atoms with Crippen molar-refractivity contribution in [3.8, 4) is 0 Å². The van der Waals surface area contributed by atoms with Crippen LogP contribution in [-0.4, -0.2) is 26.4 Å². The van der Waals surface area contributed by atoms with Crippen molar-refractivity contribution in [3.63, 3.8) is 0 Å². The Morgan fingerprint density at radius 2 is 2.11 bits per heavy atom. The minimum atomic E-state index is 0.302. The maximum Gasteiger partial charge on any atom is 0.234 e. The molecule has 2 heterocycles. The van der Waals surface area contributed by atoms with Crippen LogP contribution in [0.15, 0.2) is 0 Å². The lowest BCUT2D eigenvalue weighted by Crippen LogP contribution is -2.11. The molecule has 2 aromatic heterocycles. The average Bonchev–Trinajstić information content (AvgIpc) is 2.98. The lowest BCUT2D eigenvalue weighted by molar-refractivity contribution is 0.422. The predicted octanol–water partition coefficient (Wildman–Crippen LogP) is 2.30. The molecule has 0 radical (unpaired) electrons. The Balaban J connectivity index is 1.94. The van der Waals surface area contributed by atoms with Crippen molar-refractivity contribution in [3.05, 3.63) is 10.8 Å². The van der Waals surface area contributed by atoms with E-state index in [9.17, 15) is 0 Å². The summed E-state index contributed by atoms with van der Waals surface area (Å²) in [4.78, 5) is 0.908. The van der Waals surface area contributed by atoms with Crippen LogP contribution in [0.4, 0.5) is 0 Å². The highest BCUT2D eigenvalue weighted by atomic mass is 32.1. The Bertz CT molecular complexity index is 526. The van der Waals surface area contributed by atoms with E-state index in [0.717, 1.165) is 15.8 Å². The first-order valence-electron chi connectivity index (χ1n) is 6.71. The zero-order chi connectivity index (χ0) is 12.5. The maximum absolute atomic E-state index is 5.70. The van der Waals surface area contributed by atoms with Gasteiger partial charge in [0.25, 0.3) is 0 Å². The molecule has 0 amide bonds. The first-order valence-corrected chi connectivity index (χ1v) is 7.53. The highest BCUT2D eigenvalue weighted by Crippen LogP contribution is 2.32. The van der Waals surface area contributed by atoms with Gasteiger partial charge in [-0.3, -0.25) is 0 Å². The van der Waals surface area contributed by atoms with Crippen molar-refractivity contribution >= 4 is 16.3 Å². The fourth-order valence-electron chi connectivity index (χ4n) is 2.56. The third-order valence-electron chi connectivity index (χ3n) is 3.78. The topological polar surface area (TPSA) is 69.1 Å². The number of nitrogens with two attached hydrogens (primary N) is 1. The number of nitrogens with zero attached hydrogens (tertiary/aromatic N) is 4. The van der Waals surface area contributed by atoms with E-state index in [0.29, 0.717) is 18.4 Å². The van der Waals surface area contributed by atoms with Crippen molar-refractivity contribution in [1.82, 2.24) is 19.8 Å². The van der Waals surface area contributed by atoms with E-state index in [2.05, 4.69) is 22.2 Å². The summed E-state index contributed by atoms with van der Waals surface area (Å²) in [6.07, 6.45) is 6.40. The Morgan fingerprint density at radius 3 is 2.83 bits per heavy atom. The van der Waals surface area contributed by atoms with Gasteiger partial charge in [0.15, 0.2) is 5.82 Å². The molecule has 5 nitrogen and oxygen atoms in total. The van der Waals surface area contributed by atoms with Crippen LogP contribution < -0.4 is 5.73 Å². The Morgan fingerprint density at radius 1 is 1.33 bits per heavy atom. The van der Waals surface area contributed by atoms with Gasteiger partial charge in [-0.2, -0.15) is 9.61 Å². The fourth-order valence-corrected chi connectivity index (χ4v) is 3.47. The van der Waals surface area contributed by atoms with E-state index < -0.39 is 0 Å². The molecule has 2 aromatic rings. The van der Waals surface area contributed by atoms with Gasteiger partial charge >= 0.3 is 0 Å². The molecule has 0 spiro atoms. The normalized spacial score (nSPS) is 19.4. The quantitative estimate of drug-likeness (QED) is 0.924. The van der Waals surface area contributed by atoms with E-state index in [1.165, 1.54) is 32.1 Å². The van der Waals surface area contributed by atoms with Crippen molar-refractivity contribution in [1.29, 1.82) is 0 Å². The van der Waals surface area contributed by atoms with Crippen LogP contribution in [-0.2, 0) is 0 Å². The molecule has 0 aromatic carbocycles. The lowest BCUT2D eigenvalue weighted by Gasteiger charge is -2.18. The summed E-state index contributed by atoms with van der Waals surface area (Å²) < 4.78 is 1.95. The van der Waals surface area contributed by atoms with E-state index in [-0.39, 0.29) is 0 Å². The first-order chi connectivity index (χ1) is 8.79. The summed E-state index contributed by atoms with van der Waals surface area (Å²) in [6, 6.07) is 0. The van der Waals surface area contributed by atoms with E-state index in [4.69, 9.17) is 5.73 Å². The Kier molecular flexibility index (Phi) is 3.30. The van der Waals surface area contributed by atoms with Gasteiger partial charge in [-0.1, -0.05) is 37.5 Å². The standard InChI is InChI=1S/C12H19N5S/c1-8(7-13)11-16-17-10(14-15-12(17)18-11)9-5-3-2-4-6-9/h8-9H,2-7,13H2,1H3. The van der Waals surface area contributed by atoms with Gasteiger partial charge in [-0.15, -0.1) is 10.2 Å². The fraction of sp³-hybridized carbons (Fsp3) is 0.750. The zero-order valence-corrected chi connectivity index (χ0v) is 11.5. The molecule has 0 saturated heterocycles. The summed E-state index contributed by atoms with van der Waals surface area (Å²) in [7, 11) is 0. The summed E-state index contributed by atoms with van der Waals surface area (Å²) in [5, 5.41) is 14.3. The minimum absolute atomic E-state index is 0.302. The molecule has 1 fully saturated rings. The van der Waals surface area contributed by atoms with Gasteiger partial charge in [0.1, 0.15) is 5.01 Å². The van der Waals surface area contributed by atoms with Gasteiger partial charge in [0, 0.05) is 18.4 Å². The van der Waals surface area contributed by atoms with E-state index in [1.807, 2.05) is 4.52 Å². The second-order valence-electron chi connectivity index (χ2n) is 5.16. The smallest absolute Gasteiger partial charge is 0.234 e. The van der Waals surface area contributed by atoms with Crippen molar-refractivity contribution in [2.45, 2.75) is 50.9 Å². The van der Waals surface area contributed by atoms with Gasteiger partial charge < -0.3 is 5.73 Å².